The van der Waals surface area contributed by atoms with Crippen LogP contribution in [0.3, 0.4) is 0 Å². The average Bonchev–Trinajstić information content (AvgIpc) is 2.33. The molecule has 20 heavy (non-hydrogen) atoms. The molecule has 0 aliphatic heterocycles. The molecule has 1 rings (SSSR count). The van der Waals surface area contributed by atoms with E-state index in [-0.39, 0.29) is 5.56 Å². The minimum atomic E-state index is -5.22. The van der Waals surface area contributed by atoms with E-state index in [0.29, 0.717) is 0 Å². The SMILES string of the molecule is O=C(CC(P(=O)(O)O)P(=O)(O)O)C(=O)c1ccccc1. The van der Waals surface area contributed by atoms with Crippen LogP contribution in [0.5, 0.6) is 0 Å². The Kier molecular flexibility index (Phi) is 5.15. The van der Waals surface area contributed by atoms with Gasteiger partial charge in [0.1, 0.15) is 0 Å². The number of carbonyl (C=O) groups excluding carboxylic acids is 2. The number of rotatable bonds is 6. The van der Waals surface area contributed by atoms with E-state index in [1.54, 1.807) is 6.07 Å². The Morgan fingerprint density at radius 1 is 0.950 bits per heavy atom. The molecule has 8 nitrogen and oxygen atoms in total. The molecule has 0 atom stereocenters. The van der Waals surface area contributed by atoms with Crippen molar-refractivity contribution < 1.29 is 38.3 Å². The molecule has 110 valence electrons. The smallest absolute Gasteiger partial charge is 0.324 e. The van der Waals surface area contributed by atoms with Crippen LogP contribution in [0.2, 0.25) is 0 Å². The topological polar surface area (TPSA) is 149 Å². The summed E-state index contributed by atoms with van der Waals surface area (Å²) in [6.45, 7) is 0. The summed E-state index contributed by atoms with van der Waals surface area (Å²) in [5, 5.41) is -2.50. The van der Waals surface area contributed by atoms with Crippen LogP contribution in [-0.4, -0.2) is 36.5 Å². The van der Waals surface area contributed by atoms with Crippen molar-refractivity contribution in [2.75, 3.05) is 0 Å². The molecule has 0 aromatic heterocycles. The Bertz CT molecular complexity index is 577. The van der Waals surface area contributed by atoms with E-state index in [1.165, 1.54) is 24.3 Å². The van der Waals surface area contributed by atoms with E-state index in [2.05, 4.69) is 0 Å². The van der Waals surface area contributed by atoms with Gasteiger partial charge in [0.05, 0.1) is 0 Å². The van der Waals surface area contributed by atoms with Crippen molar-refractivity contribution in [2.24, 2.45) is 0 Å². The largest absolute Gasteiger partial charge is 0.341 e. The summed E-state index contributed by atoms with van der Waals surface area (Å²) in [6, 6.07) is 7.16. The lowest BCUT2D eigenvalue weighted by Crippen LogP contribution is -2.21. The molecule has 0 amide bonds. The predicted octanol–water partition coefficient (Wildman–Crippen LogP) is 0.510. The molecule has 0 bridgehead atoms. The number of ketones is 2. The van der Waals surface area contributed by atoms with Crippen molar-refractivity contribution in [3.8, 4) is 0 Å². The third-order valence-corrected chi connectivity index (χ3v) is 6.16. The van der Waals surface area contributed by atoms with E-state index < -0.39 is 38.6 Å². The fraction of sp³-hybridized carbons (Fsp3) is 0.200. The molecular weight excluding hydrogens is 310 g/mol. The third-order valence-electron chi connectivity index (χ3n) is 2.43. The van der Waals surface area contributed by atoms with Gasteiger partial charge in [-0.05, 0) is 0 Å². The van der Waals surface area contributed by atoms with Crippen molar-refractivity contribution in [2.45, 2.75) is 11.8 Å². The fourth-order valence-corrected chi connectivity index (χ4v) is 3.82. The van der Waals surface area contributed by atoms with Gasteiger partial charge in [0, 0.05) is 12.0 Å². The first kappa shape index (κ1) is 16.9. The summed E-state index contributed by atoms with van der Waals surface area (Å²) in [5.74, 6) is -2.33. The quantitative estimate of drug-likeness (QED) is 0.336. The summed E-state index contributed by atoms with van der Waals surface area (Å²) in [5.41, 5.74) is -0.0207. The maximum Gasteiger partial charge on any atom is 0.341 e. The fourth-order valence-electron chi connectivity index (χ4n) is 1.44. The Morgan fingerprint density at radius 2 is 1.40 bits per heavy atom. The molecule has 0 saturated carbocycles. The minimum absolute atomic E-state index is 0.0207. The molecule has 0 spiro atoms. The number of hydrogen-bond acceptors (Lipinski definition) is 4. The lowest BCUT2D eigenvalue weighted by atomic mass is 10.1. The molecule has 0 saturated heterocycles. The normalized spacial score (nSPS) is 12.4. The number of hydrogen-bond donors (Lipinski definition) is 4. The van der Waals surface area contributed by atoms with Crippen LogP contribution in [-0.2, 0) is 13.9 Å². The molecule has 10 heteroatoms. The summed E-state index contributed by atoms with van der Waals surface area (Å²) in [7, 11) is -10.4. The third kappa shape index (κ3) is 4.45. The summed E-state index contributed by atoms with van der Waals surface area (Å²) in [4.78, 5) is 58.8. The highest BCUT2D eigenvalue weighted by molar-refractivity contribution is 7.70. The Balaban J connectivity index is 2.97. The van der Waals surface area contributed by atoms with Gasteiger partial charge in [0.25, 0.3) is 0 Å². The van der Waals surface area contributed by atoms with Crippen molar-refractivity contribution in [3.63, 3.8) is 0 Å². The van der Waals surface area contributed by atoms with Gasteiger partial charge in [0.2, 0.25) is 11.6 Å². The van der Waals surface area contributed by atoms with Crippen molar-refractivity contribution in [3.05, 3.63) is 35.9 Å². The van der Waals surface area contributed by atoms with Gasteiger partial charge in [-0.3, -0.25) is 18.7 Å². The first-order valence-electron chi connectivity index (χ1n) is 5.26. The molecule has 4 N–H and O–H groups in total. The summed E-state index contributed by atoms with van der Waals surface area (Å²) in [6.07, 6.45) is -1.22. The highest BCUT2D eigenvalue weighted by Gasteiger charge is 2.45. The molecule has 1 aromatic rings. The van der Waals surface area contributed by atoms with Gasteiger partial charge in [-0.2, -0.15) is 0 Å². The molecule has 0 aliphatic carbocycles. The zero-order valence-electron chi connectivity index (χ0n) is 9.99. The van der Waals surface area contributed by atoms with E-state index in [0.717, 1.165) is 0 Å². The number of carbonyl (C=O) groups is 2. The number of Topliss-reactive ketones (excluding diaryl/α,β-unsaturated/α-hetero) is 2. The van der Waals surface area contributed by atoms with Gasteiger partial charge < -0.3 is 19.6 Å². The monoisotopic (exact) mass is 322 g/mol. The van der Waals surface area contributed by atoms with E-state index in [4.69, 9.17) is 19.6 Å². The van der Waals surface area contributed by atoms with Gasteiger partial charge in [0.15, 0.2) is 5.40 Å². The van der Waals surface area contributed by atoms with Gasteiger partial charge in [-0.1, -0.05) is 30.3 Å². The van der Waals surface area contributed by atoms with Crippen molar-refractivity contribution >= 4 is 26.8 Å². The van der Waals surface area contributed by atoms with Crippen LogP contribution in [0.15, 0.2) is 30.3 Å². The molecule has 0 aliphatic rings. The van der Waals surface area contributed by atoms with Crippen LogP contribution in [0.1, 0.15) is 16.8 Å². The zero-order valence-corrected chi connectivity index (χ0v) is 11.8. The lowest BCUT2D eigenvalue weighted by molar-refractivity contribution is -0.115. The van der Waals surface area contributed by atoms with Gasteiger partial charge in [-0.25, -0.2) is 0 Å². The molecule has 0 unspecified atom stereocenters. The van der Waals surface area contributed by atoms with Crippen LogP contribution in [0.25, 0.3) is 0 Å². The number of benzene rings is 1. The van der Waals surface area contributed by atoms with Crippen molar-refractivity contribution in [1.82, 2.24) is 0 Å². The highest BCUT2D eigenvalue weighted by Crippen LogP contribution is 2.61. The van der Waals surface area contributed by atoms with Gasteiger partial charge in [-0.15, -0.1) is 0 Å². The first-order valence-corrected chi connectivity index (χ1v) is 8.63. The molecular formula is C10H12O8P2. The van der Waals surface area contributed by atoms with Crippen LogP contribution in [0.4, 0.5) is 0 Å². The maximum absolute atomic E-state index is 11.7. The predicted molar refractivity (Wildman–Crippen MR) is 68.3 cm³/mol. The molecule has 0 fully saturated rings. The van der Waals surface area contributed by atoms with Crippen LogP contribution < -0.4 is 0 Å². The lowest BCUT2D eigenvalue weighted by Gasteiger charge is -2.18. The second-order valence-corrected chi connectivity index (χ2v) is 7.99. The highest BCUT2D eigenvalue weighted by atomic mass is 31.2. The second kappa shape index (κ2) is 6.10. The maximum atomic E-state index is 11.7. The second-order valence-electron chi connectivity index (χ2n) is 3.98. The van der Waals surface area contributed by atoms with Crippen LogP contribution >= 0.6 is 15.2 Å². The van der Waals surface area contributed by atoms with E-state index >= 15 is 0 Å². The molecule has 0 heterocycles. The van der Waals surface area contributed by atoms with E-state index in [1.807, 2.05) is 0 Å². The molecule has 0 radical (unpaired) electrons. The average molecular weight is 322 g/mol. The summed E-state index contributed by atoms with van der Waals surface area (Å²) >= 11 is 0. The Morgan fingerprint density at radius 3 is 1.80 bits per heavy atom. The van der Waals surface area contributed by atoms with Crippen molar-refractivity contribution in [1.29, 1.82) is 0 Å². The van der Waals surface area contributed by atoms with E-state index in [9.17, 15) is 18.7 Å². The summed E-state index contributed by atoms with van der Waals surface area (Å²) < 4.78 is 22.0. The Hall–Kier alpha value is -1.14. The standard InChI is InChI=1S/C10H12O8P2/c11-8(10(12)7-4-2-1-3-5-7)6-9(19(13,14)15)20(16,17)18/h1-5,9H,6H2,(H2,13,14,15)(H2,16,17,18). The first-order chi connectivity index (χ1) is 9.03. The van der Waals surface area contributed by atoms with Crippen LogP contribution in [0, 0.1) is 0 Å². The Labute approximate surface area is 113 Å². The molecule has 1 aromatic carbocycles. The van der Waals surface area contributed by atoms with Gasteiger partial charge >= 0.3 is 15.2 Å². The minimum Gasteiger partial charge on any atom is -0.324 e. The zero-order chi connectivity index (χ0) is 15.6.